The lowest BCUT2D eigenvalue weighted by Crippen LogP contribution is -2.46. The Morgan fingerprint density at radius 3 is 2.61 bits per heavy atom. The van der Waals surface area contributed by atoms with Crippen LogP contribution < -0.4 is 20.8 Å². The Kier molecular flexibility index (Phi) is 5.46. The first kappa shape index (κ1) is 20.2. The van der Waals surface area contributed by atoms with Crippen molar-refractivity contribution < 1.29 is 24.2 Å². The Hall–Kier alpha value is -4.05. The van der Waals surface area contributed by atoms with Gasteiger partial charge in [0.05, 0.1) is 30.0 Å². The Morgan fingerprint density at radius 2 is 1.90 bits per heavy atom. The number of nitrogens with one attached hydrogen (secondary N) is 2. The maximum atomic E-state index is 11.8. The molecule has 2 aromatic rings. The number of hydrogen-bond acceptors (Lipinski definition) is 9. The number of carbonyl (C=O) groups excluding carboxylic acids is 1. The molecular formula is C21H21N5O5. The molecule has 0 spiro atoms. The summed E-state index contributed by atoms with van der Waals surface area (Å²) in [4.78, 5) is 27.7. The predicted molar refractivity (Wildman–Crippen MR) is 112 cm³/mol. The van der Waals surface area contributed by atoms with Crippen LogP contribution >= 0.6 is 0 Å². The molecule has 0 aromatic heterocycles. The molecule has 0 atom stereocenters. The molecule has 2 aliphatic heterocycles. The number of allylic oxidation sites excluding steroid dienone is 1. The lowest BCUT2D eigenvalue weighted by atomic mass is 10.2. The van der Waals surface area contributed by atoms with Crippen LogP contribution in [0.3, 0.4) is 0 Å². The third-order valence-electron chi connectivity index (χ3n) is 4.72. The minimum absolute atomic E-state index is 0.128. The van der Waals surface area contributed by atoms with Crippen LogP contribution in [0.4, 0.5) is 5.69 Å². The van der Waals surface area contributed by atoms with E-state index in [1.165, 1.54) is 0 Å². The summed E-state index contributed by atoms with van der Waals surface area (Å²) in [5, 5.41) is 12.8. The van der Waals surface area contributed by atoms with Crippen molar-refractivity contribution in [1.82, 2.24) is 16.0 Å². The zero-order chi connectivity index (χ0) is 22.0. The minimum atomic E-state index is -1.02. The lowest BCUT2D eigenvalue weighted by Gasteiger charge is -2.31. The molecule has 2 aliphatic rings. The summed E-state index contributed by atoms with van der Waals surface area (Å²) in [7, 11) is 0. The molecule has 160 valence electrons. The first-order valence-electron chi connectivity index (χ1n) is 9.63. The van der Waals surface area contributed by atoms with E-state index >= 15 is 0 Å². The van der Waals surface area contributed by atoms with E-state index < -0.39 is 11.9 Å². The number of fused-ring (bicyclic) bond motifs is 1. The largest absolute Gasteiger partial charge is 0.478 e. The van der Waals surface area contributed by atoms with E-state index in [-0.39, 0.29) is 12.1 Å². The maximum absolute atomic E-state index is 11.8. The summed E-state index contributed by atoms with van der Waals surface area (Å²) in [5.41, 5.74) is 7.63. The molecule has 31 heavy (non-hydrogen) atoms. The van der Waals surface area contributed by atoms with E-state index in [1.807, 2.05) is 18.2 Å². The van der Waals surface area contributed by atoms with Crippen molar-refractivity contribution in [3.05, 3.63) is 65.4 Å². The van der Waals surface area contributed by atoms with Crippen molar-refractivity contribution in [3.8, 4) is 11.5 Å². The SMILES string of the molecule is CCOC(=O)c1ccc(Oc2ccccc2N2NNC3=NC(C)=C(C(=O)O)CN32)cc1. The number of anilines is 1. The molecular weight excluding hydrogens is 402 g/mol. The van der Waals surface area contributed by atoms with E-state index in [4.69, 9.17) is 9.47 Å². The number of rotatable bonds is 6. The number of aliphatic carboxylic acids is 1. The van der Waals surface area contributed by atoms with Gasteiger partial charge in [-0.2, -0.15) is 5.12 Å². The smallest absolute Gasteiger partial charge is 0.338 e. The van der Waals surface area contributed by atoms with Crippen LogP contribution in [-0.2, 0) is 9.53 Å². The van der Waals surface area contributed by atoms with Crippen molar-refractivity contribution in [2.24, 2.45) is 4.99 Å². The predicted octanol–water partition coefficient (Wildman–Crippen LogP) is 2.43. The molecule has 2 heterocycles. The molecule has 1 saturated heterocycles. The van der Waals surface area contributed by atoms with Gasteiger partial charge in [-0.3, -0.25) is 5.43 Å². The van der Waals surface area contributed by atoms with Crippen LogP contribution in [0.25, 0.3) is 0 Å². The van der Waals surface area contributed by atoms with Gasteiger partial charge in [0.1, 0.15) is 11.4 Å². The summed E-state index contributed by atoms with van der Waals surface area (Å²) < 4.78 is 11.0. The molecule has 3 N–H and O–H groups in total. The van der Waals surface area contributed by atoms with Crippen LogP contribution in [-0.4, -0.2) is 41.2 Å². The van der Waals surface area contributed by atoms with Crippen molar-refractivity contribution in [1.29, 1.82) is 0 Å². The fourth-order valence-electron chi connectivity index (χ4n) is 3.18. The second-order valence-electron chi connectivity index (χ2n) is 6.73. The molecule has 2 aromatic carbocycles. The summed E-state index contributed by atoms with van der Waals surface area (Å²) >= 11 is 0. The van der Waals surface area contributed by atoms with Crippen LogP contribution in [0.15, 0.2) is 64.8 Å². The van der Waals surface area contributed by atoms with E-state index in [0.29, 0.717) is 41.0 Å². The number of carbonyl (C=O) groups is 2. The van der Waals surface area contributed by atoms with Crippen LogP contribution in [0, 0.1) is 0 Å². The third-order valence-corrected chi connectivity index (χ3v) is 4.72. The maximum Gasteiger partial charge on any atom is 0.338 e. The van der Waals surface area contributed by atoms with E-state index in [0.717, 1.165) is 0 Å². The molecule has 0 bridgehead atoms. The lowest BCUT2D eigenvalue weighted by molar-refractivity contribution is -0.132. The number of benzene rings is 2. The Bertz CT molecular complexity index is 1080. The first-order valence-corrected chi connectivity index (χ1v) is 9.63. The number of ether oxygens (including phenoxy) is 2. The number of esters is 1. The van der Waals surface area contributed by atoms with Crippen LogP contribution in [0.2, 0.25) is 0 Å². The Balaban J connectivity index is 1.57. The first-order chi connectivity index (χ1) is 15.0. The third kappa shape index (κ3) is 4.01. The highest BCUT2D eigenvalue weighted by molar-refractivity contribution is 5.94. The summed E-state index contributed by atoms with van der Waals surface area (Å²) in [6.07, 6.45) is 0. The van der Waals surface area contributed by atoms with Gasteiger partial charge < -0.3 is 14.6 Å². The van der Waals surface area contributed by atoms with Gasteiger partial charge in [0, 0.05) is 0 Å². The molecule has 4 rings (SSSR count). The molecule has 0 aliphatic carbocycles. The quantitative estimate of drug-likeness (QED) is 0.603. The van der Waals surface area contributed by atoms with Gasteiger partial charge in [0.25, 0.3) is 0 Å². The molecule has 10 heteroatoms. The summed E-state index contributed by atoms with van der Waals surface area (Å²) in [6.45, 7) is 3.85. The Labute approximate surface area is 178 Å². The number of nitrogens with zero attached hydrogens (tertiary/aromatic N) is 3. The number of carboxylic acids is 1. The molecule has 10 nitrogen and oxygen atoms in total. The van der Waals surface area contributed by atoms with Crippen molar-refractivity contribution in [3.63, 3.8) is 0 Å². The second kappa shape index (κ2) is 8.36. The number of para-hydroxylation sites is 2. The standard InChI is InChI=1S/C21H21N5O5/c1-3-30-20(29)14-8-10-15(11-9-14)31-18-7-5-4-6-17(18)26-24-23-21-22-13(2)16(19(27)28)12-25(21)26/h4-11,24H,3,12H2,1-2H3,(H,22,23)(H,27,28). The highest BCUT2D eigenvalue weighted by atomic mass is 16.5. The van der Waals surface area contributed by atoms with Gasteiger partial charge in [-0.05, 0) is 50.2 Å². The fourth-order valence-corrected chi connectivity index (χ4v) is 3.18. The molecule has 0 radical (unpaired) electrons. The highest BCUT2D eigenvalue weighted by Gasteiger charge is 2.34. The van der Waals surface area contributed by atoms with Gasteiger partial charge in [0.15, 0.2) is 5.75 Å². The number of hydrogen-bond donors (Lipinski definition) is 3. The van der Waals surface area contributed by atoms with E-state index in [2.05, 4.69) is 16.0 Å². The van der Waals surface area contributed by atoms with Gasteiger partial charge in [0.2, 0.25) is 5.96 Å². The van der Waals surface area contributed by atoms with Crippen LogP contribution in [0.1, 0.15) is 24.2 Å². The number of hydrazine groups is 3. The molecule has 0 unspecified atom stereocenters. The van der Waals surface area contributed by atoms with E-state index in [1.54, 1.807) is 54.3 Å². The number of aliphatic imine (C=N–C) groups is 1. The summed E-state index contributed by atoms with van der Waals surface area (Å²) in [6, 6.07) is 13.9. The second-order valence-corrected chi connectivity index (χ2v) is 6.73. The normalized spacial score (nSPS) is 15.2. The zero-order valence-electron chi connectivity index (χ0n) is 17.0. The van der Waals surface area contributed by atoms with E-state index in [9.17, 15) is 14.7 Å². The number of guanidine groups is 1. The fraction of sp³-hybridized carbons (Fsp3) is 0.190. The minimum Gasteiger partial charge on any atom is -0.478 e. The molecule has 0 saturated carbocycles. The van der Waals surface area contributed by atoms with Gasteiger partial charge in [-0.15, -0.1) is 5.53 Å². The molecule has 1 fully saturated rings. The summed E-state index contributed by atoms with van der Waals surface area (Å²) in [5.74, 6) is 0.123. The Morgan fingerprint density at radius 1 is 1.16 bits per heavy atom. The average molecular weight is 423 g/mol. The van der Waals surface area contributed by atoms with Crippen molar-refractivity contribution >= 4 is 23.6 Å². The van der Waals surface area contributed by atoms with Crippen molar-refractivity contribution in [2.45, 2.75) is 13.8 Å². The average Bonchev–Trinajstić information content (AvgIpc) is 3.16. The van der Waals surface area contributed by atoms with Crippen molar-refractivity contribution in [2.75, 3.05) is 18.3 Å². The van der Waals surface area contributed by atoms with Gasteiger partial charge in [-0.1, -0.05) is 12.1 Å². The van der Waals surface area contributed by atoms with Gasteiger partial charge in [-0.25, -0.2) is 19.6 Å². The topological polar surface area (TPSA) is 116 Å². The monoisotopic (exact) mass is 423 g/mol. The number of carboxylic acid groups (broad SMARTS) is 1. The highest BCUT2D eigenvalue weighted by Crippen LogP contribution is 2.34. The van der Waals surface area contributed by atoms with Crippen LogP contribution in [0.5, 0.6) is 11.5 Å². The molecule has 0 amide bonds. The zero-order valence-corrected chi connectivity index (χ0v) is 17.0. The van der Waals surface area contributed by atoms with Gasteiger partial charge >= 0.3 is 11.9 Å².